The van der Waals surface area contributed by atoms with Gasteiger partial charge < -0.3 is 12.3 Å². The Labute approximate surface area is 234 Å². The summed E-state index contributed by atoms with van der Waals surface area (Å²) in [6.45, 7) is 0.220. The number of hydrogen-bond donors (Lipinski definition) is 2. The van der Waals surface area contributed by atoms with Gasteiger partial charge in [-0.05, 0) is 61.4 Å². The molecule has 0 heterocycles. The fourth-order valence-corrected chi connectivity index (χ4v) is 3.40. The Bertz CT molecular complexity index is 978. The van der Waals surface area contributed by atoms with Crippen LogP contribution in [0, 0.1) is 0 Å². The predicted octanol–water partition coefficient (Wildman–Crippen LogP) is -3.54. The smallest absolute Gasteiger partial charge is 1.00 e. The van der Waals surface area contributed by atoms with Gasteiger partial charge in [-0.3, -0.25) is 13.9 Å². The van der Waals surface area contributed by atoms with Gasteiger partial charge in [-0.1, -0.05) is 0 Å². The third-order valence-electron chi connectivity index (χ3n) is 3.86. The first-order valence-electron chi connectivity index (χ1n) is 8.94. The molecular weight excluding hydrogens is 482 g/mol. The van der Waals surface area contributed by atoms with Crippen LogP contribution in [0.5, 0.6) is 11.5 Å². The molecule has 0 atom stereocenters. The average molecular weight is 507 g/mol. The van der Waals surface area contributed by atoms with Gasteiger partial charge in [-0.2, -0.15) is 16.8 Å². The van der Waals surface area contributed by atoms with Crippen LogP contribution >= 0.6 is 0 Å². The van der Waals surface area contributed by atoms with Crippen molar-refractivity contribution in [2.75, 3.05) is 24.7 Å². The van der Waals surface area contributed by atoms with Crippen LogP contribution in [0.1, 0.15) is 31.6 Å². The maximum atomic E-state index is 12.5. The third-order valence-corrected chi connectivity index (χ3v) is 5.47. The Balaban J connectivity index is -0.00000240. The van der Waals surface area contributed by atoms with E-state index in [-0.39, 0.29) is 105 Å². The van der Waals surface area contributed by atoms with E-state index in [4.69, 9.17) is 18.6 Å². The zero-order valence-corrected chi connectivity index (χ0v) is 23.6. The molecule has 0 saturated carbocycles. The van der Waals surface area contributed by atoms with Crippen LogP contribution in [0.3, 0.4) is 0 Å². The summed E-state index contributed by atoms with van der Waals surface area (Å²) in [4.78, 5) is 12.5. The number of ether oxygens (including phenoxy) is 2. The molecule has 168 valence electrons. The van der Waals surface area contributed by atoms with Crippen molar-refractivity contribution in [2.24, 2.45) is 0 Å². The van der Waals surface area contributed by atoms with E-state index in [1.165, 1.54) is 0 Å². The van der Waals surface area contributed by atoms with Crippen LogP contribution in [0.4, 0.5) is 0 Å². The summed E-state index contributed by atoms with van der Waals surface area (Å²) in [6.07, 6.45) is 0.285. The molecule has 0 spiro atoms. The number of carbonyl (C=O) groups is 1. The van der Waals surface area contributed by atoms with E-state index in [2.05, 4.69) is 0 Å². The van der Waals surface area contributed by atoms with Crippen molar-refractivity contribution in [3.05, 3.63) is 59.7 Å². The van der Waals surface area contributed by atoms with Gasteiger partial charge in [0.15, 0.2) is 5.78 Å². The van der Waals surface area contributed by atoms with Gasteiger partial charge in [0.05, 0.1) is 24.7 Å². The Hall–Kier alpha value is -0.470. The average Bonchev–Trinajstić information content (AvgIpc) is 2.68. The first-order valence-corrected chi connectivity index (χ1v) is 12.2. The number of carbonyl (C=O) groups excluding carboxylic acids is 1. The standard InChI is InChI=1S/C19H22O9S2.2Na.2H/c20-19(15-3-7-17(8-4-15)27-11-1-13-29(21,22)23)16-5-9-18(10-6-16)28-12-2-14-30(24,25)26;;;;/h3-10H,1-2,11-14H2,(H,21,22,23)(H,24,25,26);;;;/q;2*+1;2*-1. The number of ketones is 1. The second-order valence-corrected chi connectivity index (χ2v) is 9.50. The van der Waals surface area contributed by atoms with Crippen molar-refractivity contribution < 1.29 is 102 Å². The first-order chi connectivity index (χ1) is 14.0. The molecule has 2 N–H and O–H groups in total. The van der Waals surface area contributed by atoms with E-state index in [1.807, 2.05) is 0 Å². The molecule has 0 saturated heterocycles. The quantitative estimate of drug-likeness (QED) is 0.129. The maximum absolute atomic E-state index is 12.5. The minimum absolute atomic E-state index is 0. The van der Waals surface area contributed by atoms with Gasteiger partial charge in [0.2, 0.25) is 0 Å². The fourth-order valence-electron chi connectivity index (χ4n) is 2.43. The van der Waals surface area contributed by atoms with Gasteiger partial charge >= 0.3 is 59.1 Å². The summed E-state index contributed by atoms with van der Waals surface area (Å²) in [5, 5.41) is 0. The molecule has 0 unspecified atom stereocenters. The summed E-state index contributed by atoms with van der Waals surface area (Å²) in [5.74, 6) is -0.0509. The number of rotatable bonds is 12. The van der Waals surface area contributed by atoms with E-state index in [0.29, 0.717) is 22.6 Å². The molecule has 32 heavy (non-hydrogen) atoms. The molecule has 0 aliphatic heterocycles. The molecule has 0 fully saturated rings. The molecule has 0 radical (unpaired) electrons. The predicted molar refractivity (Wildman–Crippen MR) is 112 cm³/mol. The minimum atomic E-state index is -4.01. The fraction of sp³-hybridized carbons (Fsp3) is 0.316. The molecule has 0 aliphatic rings. The normalized spacial score (nSPS) is 11.1. The van der Waals surface area contributed by atoms with Crippen molar-refractivity contribution >= 4 is 26.0 Å². The molecule has 13 heteroatoms. The van der Waals surface area contributed by atoms with Crippen LogP contribution in [0.2, 0.25) is 0 Å². The SMILES string of the molecule is O=C(c1ccc(OCCCS(=O)(=O)O)cc1)c1ccc(OCCCS(=O)(=O)O)cc1.[H-].[H-].[Na+].[Na+]. The summed E-state index contributed by atoms with van der Waals surface area (Å²) >= 11 is 0. The number of hydrogen-bond acceptors (Lipinski definition) is 7. The van der Waals surface area contributed by atoms with E-state index in [0.717, 1.165) is 0 Å². The van der Waals surface area contributed by atoms with Crippen LogP contribution in [0.15, 0.2) is 48.5 Å². The summed E-state index contributed by atoms with van der Waals surface area (Å²) in [5.41, 5.74) is 0.865. The van der Waals surface area contributed by atoms with Crippen molar-refractivity contribution in [1.82, 2.24) is 0 Å². The van der Waals surface area contributed by atoms with Gasteiger partial charge in [0, 0.05) is 11.1 Å². The largest absolute Gasteiger partial charge is 1.00 e. The zero-order valence-electron chi connectivity index (χ0n) is 19.9. The van der Waals surface area contributed by atoms with E-state index >= 15 is 0 Å². The van der Waals surface area contributed by atoms with Gasteiger partial charge in [0.25, 0.3) is 20.2 Å². The molecule has 2 aromatic rings. The van der Waals surface area contributed by atoms with Crippen LogP contribution in [-0.2, 0) is 20.2 Å². The molecule has 2 aromatic carbocycles. The Kier molecular flexibility index (Phi) is 14.5. The first kappa shape index (κ1) is 31.5. The van der Waals surface area contributed by atoms with Crippen LogP contribution in [-0.4, -0.2) is 56.4 Å². The summed E-state index contributed by atoms with van der Waals surface area (Å²) < 4.78 is 70.6. The van der Waals surface area contributed by atoms with Gasteiger partial charge in [-0.25, -0.2) is 0 Å². The monoisotopic (exact) mass is 506 g/mol. The third kappa shape index (κ3) is 12.7. The Morgan fingerprint density at radius 3 is 1.28 bits per heavy atom. The molecule has 9 nitrogen and oxygen atoms in total. The molecule has 0 bridgehead atoms. The molecular formula is C19H24Na2O9S2. The summed E-state index contributed by atoms with van der Waals surface area (Å²) in [7, 11) is -8.02. The van der Waals surface area contributed by atoms with Gasteiger partial charge in [-0.15, -0.1) is 0 Å². The van der Waals surface area contributed by atoms with E-state index in [9.17, 15) is 21.6 Å². The Morgan fingerprint density at radius 2 is 1.00 bits per heavy atom. The Morgan fingerprint density at radius 1 is 0.688 bits per heavy atom. The second kappa shape index (κ2) is 14.7. The van der Waals surface area contributed by atoms with Crippen molar-refractivity contribution in [3.8, 4) is 11.5 Å². The van der Waals surface area contributed by atoms with E-state index in [1.54, 1.807) is 48.5 Å². The topological polar surface area (TPSA) is 144 Å². The molecule has 0 aliphatic carbocycles. The summed E-state index contributed by atoms with van der Waals surface area (Å²) in [6, 6.07) is 12.7. The zero-order chi connectivity index (χ0) is 22.2. The van der Waals surface area contributed by atoms with Gasteiger partial charge in [0.1, 0.15) is 11.5 Å². The molecule has 2 rings (SSSR count). The van der Waals surface area contributed by atoms with Crippen molar-refractivity contribution in [1.29, 1.82) is 0 Å². The van der Waals surface area contributed by atoms with Crippen LogP contribution < -0.4 is 68.6 Å². The van der Waals surface area contributed by atoms with Crippen molar-refractivity contribution in [2.45, 2.75) is 12.8 Å². The number of benzene rings is 2. The maximum Gasteiger partial charge on any atom is 1.00 e. The van der Waals surface area contributed by atoms with Crippen LogP contribution in [0.25, 0.3) is 0 Å². The minimum Gasteiger partial charge on any atom is -1.00 e. The van der Waals surface area contributed by atoms with Crippen molar-refractivity contribution in [3.63, 3.8) is 0 Å². The molecule has 0 amide bonds. The molecule has 0 aromatic heterocycles. The second-order valence-electron chi connectivity index (χ2n) is 6.35. The van der Waals surface area contributed by atoms with E-state index < -0.39 is 20.2 Å².